The Hall–Kier alpha value is -1.98. The molecule has 0 aliphatic carbocycles. The maximum atomic E-state index is 12.6. The SMILES string of the molecule is CCc1ccc(CN(C)S(=O)(=O)c2ccc(C(C)=O)cc2)cc1. The lowest BCUT2D eigenvalue weighted by Crippen LogP contribution is -2.26. The average Bonchev–Trinajstić information content (AvgIpc) is 2.55. The van der Waals surface area contributed by atoms with E-state index in [1.807, 2.05) is 24.3 Å². The normalized spacial score (nSPS) is 11.7. The number of aryl methyl sites for hydroxylation is 1. The highest BCUT2D eigenvalue weighted by atomic mass is 32.2. The predicted molar refractivity (Wildman–Crippen MR) is 90.9 cm³/mol. The zero-order chi connectivity index (χ0) is 17.0. The van der Waals surface area contributed by atoms with Crippen molar-refractivity contribution in [2.75, 3.05) is 7.05 Å². The van der Waals surface area contributed by atoms with Crippen molar-refractivity contribution in [3.05, 3.63) is 65.2 Å². The molecule has 0 spiro atoms. The van der Waals surface area contributed by atoms with Crippen molar-refractivity contribution >= 4 is 15.8 Å². The van der Waals surface area contributed by atoms with E-state index in [1.54, 1.807) is 19.2 Å². The number of carbonyl (C=O) groups is 1. The second-order valence-corrected chi connectivity index (χ2v) is 7.56. The molecule has 0 atom stereocenters. The third-order valence-corrected chi connectivity index (χ3v) is 5.62. The Morgan fingerprint density at radius 3 is 1.96 bits per heavy atom. The van der Waals surface area contributed by atoms with Gasteiger partial charge in [0, 0.05) is 19.2 Å². The Balaban J connectivity index is 2.18. The second kappa shape index (κ2) is 7.06. The number of nitrogens with zero attached hydrogens (tertiary/aromatic N) is 1. The molecular weight excluding hydrogens is 310 g/mol. The average molecular weight is 331 g/mol. The van der Waals surface area contributed by atoms with Gasteiger partial charge in [0.05, 0.1) is 4.90 Å². The molecule has 5 heteroatoms. The van der Waals surface area contributed by atoms with Crippen molar-refractivity contribution in [2.45, 2.75) is 31.7 Å². The Kier molecular flexibility index (Phi) is 5.34. The van der Waals surface area contributed by atoms with Crippen molar-refractivity contribution in [2.24, 2.45) is 0 Å². The van der Waals surface area contributed by atoms with E-state index in [2.05, 4.69) is 6.92 Å². The molecule has 0 radical (unpaired) electrons. The van der Waals surface area contributed by atoms with Crippen LogP contribution in [0.5, 0.6) is 0 Å². The van der Waals surface area contributed by atoms with Crippen LogP contribution in [0.3, 0.4) is 0 Å². The van der Waals surface area contributed by atoms with Crippen molar-refractivity contribution in [3.8, 4) is 0 Å². The molecule has 2 aromatic rings. The van der Waals surface area contributed by atoms with Gasteiger partial charge in [-0.2, -0.15) is 4.31 Å². The van der Waals surface area contributed by atoms with Crippen LogP contribution < -0.4 is 0 Å². The summed E-state index contributed by atoms with van der Waals surface area (Å²) in [4.78, 5) is 11.5. The van der Waals surface area contributed by atoms with Gasteiger partial charge in [-0.3, -0.25) is 4.79 Å². The zero-order valence-electron chi connectivity index (χ0n) is 13.6. The molecule has 0 fully saturated rings. The molecule has 0 saturated heterocycles. The zero-order valence-corrected chi connectivity index (χ0v) is 14.4. The fraction of sp³-hybridized carbons (Fsp3) is 0.278. The smallest absolute Gasteiger partial charge is 0.243 e. The van der Waals surface area contributed by atoms with Gasteiger partial charge in [-0.1, -0.05) is 43.3 Å². The van der Waals surface area contributed by atoms with Crippen molar-refractivity contribution in [3.63, 3.8) is 0 Å². The van der Waals surface area contributed by atoms with Crippen LogP contribution in [0.25, 0.3) is 0 Å². The lowest BCUT2D eigenvalue weighted by Gasteiger charge is -2.17. The summed E-state index contributed by atoms with van der Waals surface area (Å²) in [6.45, 7) is 3.84. The van der Waals surface area contributed by atoms with Gasteiger partial charge in [0.25, 0.3) is 0 Å². The van der Waals surface area contributed by atoms with Gasteiger partial charge in [0.15, 0.2) is 5.78 Å². The molecule has 23 heavy (non-hydrogen) atoms. The van der Waals surface area contributed by atoms with Crippen LogP contribution in [-0.2, 0) is 23.0 Å². The largest absolute Gasteiger partial charge is 0.295 e. The first-order valence-corrected chi connectivity index (χ1v) is 8.93. The summed E-state index contributed by atoms with van der Waals surface area (Å²) in [7, 11) is -2.02. The van der Waals surface area contributed by atoms with Crippen LogP contribution in [0.2, 0.25) is 0 Å². The Labute approximate surface area is 137 Å². The van der Waals surface area contributed by atoms with E-state index in [-0.39, 0.29) is 10.7 Å². The molecule has 0 heterocycles. The number of hydrogen-bond donors (Lipinski definition) is 0. The lowest BCUT2D eigenvalue weighted by atomic mass is 10.1. The standard InChI is InChI=1S/C18H21NO3S/c1-4-15-5-7-16(8-6-15)13-19(3)23(21,22)18-11-9-17(10-12-18)14(2)20/h5-12H,4,13H2,1-3H3. The summed E-state index contributed by atoms with van der Waals surface area (Å²) in [5, 5.41) is 0. The summed E-state index contributed by atoms with van der Waals surface area (Å²) >= 11 is 0. The van der Waals surface area contributed by atoms with Crippen molar-refractivity contribution in [1.29, 1.82) is 0 Å². The molecule has 2 aromatic carbocycles. The van der Waals surface area contributed by atoms with E-state index in [0.717, 1.165) is 12.0 Å². The number of rotatable bonds is 6. The highest BCUT2D eigenvalue weighted by Crippen LogP contribution is 2.18. The van der Waals surface area contributed by atoms with Crippen LogP contribution in [0.15, 0.2) is 53.4 Å². The highest BCUT2D eigenvalue weighted by Gasteiger charge is 2.21. The molecule has 0 aromatic heterocycles. The van der Waals surface area contributed by atoms with Crippen molar-refractivity contribution < 1.29 is 13.2 Å². The van der Waals surface area contributed by atoms with Gasteiger partial charge >= 0.3 is 0 Å². The van der Waals surface area contributed by atoms with Crippen molar-refractivity contribution in [1.82, 2.24) is 4.31 Å². The molecule has 0 unspecified atom stereocenters. The van der Waals surface area contributed by atoms with Crippen LogP contribution in [0.4, 0.5) is 0 Å². The molecule has 0 amide bonds. The monoisotopic (exact) mass is 331 g/mol. The summed E-state index contributed by atoms with van der Waals surface area (Å²) < 4.78 is 26.5. The number of Topliss-reactive ketones (excluding diaryl/α,β-unsaturated/α-hetero) is 1. The predicted octanol–water partition coefficient (Wildman–Crippen LogP) is 3.27. The third kappa shape index (κ3) is 4.06. The summed E-state index contributed by atoms with van der Waals surface area (Å²) in [5.74, 6) is -0.0849. The van der Waals surface area contributed by atoms with E-state index in [1.165, 1.54) is 28.9 Å². The van der Waals surface area contributed by atoms with Gasteiger partial charge < -0.3 is 0 Å². The number of hydrogen-bond acceptors (Lipinski definition) is 3. The number of carbonyl (C=O) groups excluding carboxylic acids is 1. The molecule has 0 aliphatic rings. The van der Waals surface area contributed by atoms with E-state index >= 15 is 0 Å². The minimum absolute atomic E-state index is 0.0849. The minimum atomic E-state index is -3.57. The quantitative estimate of drug-likeness (QED) is 0.763. The molecule has 0 bridgehead atoms. The number of sulfonamides is 1. The fourth-order valence-corrected chi connectivity index (χ4v) is 3.42. The summed E-state index contributed by atoms with van der Waals surface area (Å²) in [5.41, 5.74) is 2.66. The summed E-state index contributed by atoms with van der Waals surface area (Å²) in [6.07, 6.45) is 0.955. The van der Waals surface area contributed by atoms with E-state index < -0.39 is 10.0 Å². The molecule has 0 saturated carbocycles. The number of benzene rings is 2. The van der Waals surface area contributed by atoms with Crippen LogP contribution >= 0.6 is 0 Å². The Morgan fingerprint density at radius 2 is 1.48 bits per heavy atom. The molecule has 4 nitrogen and oxygen atoms in total. The molecule has 2 rings (SSSR count). The number of ketones is 1. The highest BCUT2D eigenvalue weighted by molar-refractivity contribution is 7.89. The Bertz CT molecular complexity index is 778. The van der Waals surface area contributed by atoms with Gasteiger partial charge in [-0.25, -0.2) is 8.42 Å². The van der Waals surface area contributed by atoms with Crippen LogP contribution in [-0.4, -0.2) is 25.6 Å². The van der Waals surface area contributed by atoms with E-state index in [9.17, 15) is 13.2 Å². The first-order valence-electron chi connectivity index (χ1n) is 7.49. The van der Waals surface area contributed by atoms with E-state index in [4.69, 9.17) is 0 Å². The summed E-state index contributed by atoms with van der Waals surface area (Å²) in [6, 6.07) is 14.0. The van der Waals surface area contributed by atoms with E-state index in [0.29, 0.717) is 12.1 Å². The minimum Gasteiger partial charge on any atom is -0.295 e. The first kappa shape index (κ1) is 17.4. The molecule has 122 valence electrons. The third-order valence-electron chi connectivity index (χ3n) is 3.81. The molecule has 0 aliphatic heterocycles. The van der Waals surface area contributed by atoms with Crippen LogP contribution in [0.1, 0.15) is 35.3 Å². The van der Waals surface area contributed by atoms with Gasteiger partial charge in [0.2, 0.25) is 10.0 Å². The van der Waals surface area contributed by atoms with Gasteiger partial charge in [0.1, 0.15) is 0 Å². The Morgan fingerprint density at radius 1 is 0.957 bits per heavy atom. The van der Waals surface area contributed by atoms with Gasteiger partial charge in [-0.15, -0.1) is 0 Å². The maximum Gasteiger partial charge on any atom is 0.243 e. The van der Waals surface area contributed by atoms with Gasteiger partial charge in [-0.05, 0) is 36.6 Å². The van der Waals surface area contributed by atoms with Crippen LogP contribution in [0, 0.1) is 0 Å². The molecule has 0 N–H and O–H groups in total. The fourth-order valence-electron chi connectivity index (χ4n) is 2.26. The first-order chi connectivity index (χ1) is 10.8. The topological polar surface area (TPSA) is 54.5 Å². The molecular formula is C18H21NO3S. The second-order valence-electron chi connectivity index (χ2n) is 5.51. The lowest BCUT2D eigenvalue weighted by molar-refractivity contribution is 0.101. The maximum absolute atomic E-state index is 12.6.